The molecule has 2 heterocycles. The molecule has 0 aromatic heterocycles. The number of methoxy groups -OCH3 is 1. The van der Waals surface area contributed by atoms with Gasteiger partial charge in [0.25, 0.3) is 0 Å². The van der Waals surface area contributed by atoms with Crippen molar-refractivity contribution in [2.75, 3.05) is 7.11 Å². The highest BCUT2D eigenvalue weighted by Gasteiger charge is 2.47. The zero-order valence-electron chi connectivity index (χ0n) is 12.5. The van der Waals surface area contributed by atoms with E-state index in [0.29, 0.717) is 0 Å². The van der Waals surface area contributed by atoms with E-state index in [-0.39, 0.29) is 30.0 Å². The molecule has 1 unspecified atom stereocenters. The monoisotopic (exact) mass is 284 g/mol. The average Bonchev–Trinajstić information content (AvgIpc) is 2.89. The molecule has 3 heteroatoms. The maximum absolute atomic E-state index is 12.2. The van der Waals surface area contributed by atoms with Gasteiger partial charge in [-0.3, -0.25) is 4.79 Å². The van der Waals surface area contributed by atoms with Crippen LogP contribution in [0.1, 0.15) is 43.2 Å². The molecule has 3 nitrogen and oxygen atoms in total. The van der Waals surface area contributed by atoms with Gasteiger partial charge in [0.1, 0.15) is 0 Å². The summed E-state index contributed by atoms with van der Waals surface area (Å²) in [5.41, 5.74) is 2.19. The molecule has 110 valence electrons. The quantitative estimate of drug-likeness (QED) is 0.619. The highest BCUT2D eigenvalue weighted by Crippen LogP contribution is 2.45. The van der Waals surface area contributed by atoms with Gasteiger partial charge in [0.05, 0.1) is 25.2 Å². The lowest BCUT2D eigenvalue weighted by atomic mass is 9.79. The zero-order valence-corrected chi connectivity index (χ0v) is 12.5. The van der Waals surface area contributed by atoms with E-state index < -0.39 is 0 Å². The third kappa shape index (κ3) is 2.69. The van der Waals surface area contributed by atoms with Gasteiger partial charge >= 0.3 is 5.97 Å². The van der Waals surface area contributed by atoms with E-state index >= 15 is 0 Å². The Morgan fingerprint density at radius 2 is 2.05 bits per heavy atom. The second kappa shape index (κ2) is 5.91. The van der Waals surface area contributed by atoms with Crippen LogP contribution >= 0.6 is 0 Å². The molecule has 1 aromatic carbocycles. The summed E-state index contributed by atoms with van der Waals surface area (Å²) in [6.07, 6.45) is 3.20. The summed E-state index contributed by atoms with van der Waals surface area (Å²) in [7, 11) is 1.46. The van der Waals surface area contributed by atoms with Crippen LogP contribution in [-0.4, -0.2) is 25.3 Å². The van der Waals surface area contributed by atoms with Gasteiger partial charge in [-0.05, 0) is 43.9 Å². The van der Waals surface area contributed by atoms with Gasteiger partial charge in [0.2, 0.25) is 0 Å². The Morgan fingerprint density at radius 3 is 2.71 bits per heavy atom. The van der Waals surface area contributed by atoms with Crippen molar-refractivity contribution in [3.63, 3.8) is 0 Å². The van der Waals surface area contributed by atoms with Crippen LogP contribution in [0.4, 0.5) is 0 Å². The predicted molar refractivity (Wildman–Crippen MR) is 79.8 cm³/mol. The van der Waals surface area contributed by atoms with Crippen molar-refractivity contribution in [2.45, 2.75) is 44.3 Å². The first-order chi connectivity index (χ1) is 10.2. The predicted octanol–water partition coefficient (Wildman–Crippen LogP) is 2.88. The van der Waals surface area contributed by atoms with Crippen molar-refractivity contribution in [3.05, 3.63) is 35.4 Å². The molecule has 2 aliphatic heterocycles. The van der Waals surface area contributed by atoms with E-state index in [9.17, 15) is 4.79 Å². The highest BCUT2D eigenvalue weighted by atomic mass is 16.5. The third-order valence-corrected chi connectivity index (χ3v) is 4.57. The molecule has 21 heavy (non-hydrogen) atoms. The Kier molecular flexibility index (Phi) is 3.98. The molecule has 3 rings (SSSR count). The Balaban J connectivity index is 1.90. The van der Waals surface area contributed by atoms with E-state index in [1.165, 1.54) is 12.7 Å². The van der Waals surface area contributed by atoms with Crippen molar-refractivity contribution < 1.29 is 14.3 Å². The Hall–Kier alpha value is -1.79. The maximum Gasteiger partial charge on any atom is 0.311 e. The fourth-order valence-electron chi connectivity index (χ4n) is 3.61. The first-order valence-electron chi connectivity index (χ1n) is 7.49. The van der Waals surface area contributed by atoms with Crippen LogP contribution in [0, 0.1) is 17.8 Å². The van der Waals surface area contributed by atoms with Gasteiger partial charge in [0.15, 0.2) is 0 Å². The van der Waals surface area contributed by atoms with E-state index in [4.69, 9.17) is 9.47 Å². The van der Waals surface area contributed by atoms with Gasteiger partial charge in [-0.2, -0.15) is 0 Å². The summed E-state index contributed by atoms with van der Waals surface area (Å²) in [5, 5.41) is 0. The Morgan fingerprint density at radius 1 is 1.29 bits per heavy atom. The van der Waals surface area contributed by atoms with E-state index in [1.54, 1.807) is 0 Å². The molecule has 2 aliphatic rings. The minimum absolute atomic E-state index is 0.0105. The molecule has 0 spiro atoms. The molecule has 2 bridgehead atoms. The van der Waals surface area contributed by atoms with Crippen molar-refractivity contribution in [1.82, 2.24) is 0 Å². The van der Waals surface area contributed by atoms with Gasteiger partial charge in [-0.1, -0.05) is 18.1 Å². The summed E-state index contributed by atoms with van der Waals surface area (Å²) in [6, 6.07) is 8.23. The summed E-state index contributed by atoms with van der Waals surface area (Å²) in [4.78, 5) is 12.2. The maximum atomic E-state index is 12.2. The standard InChI is InChI=1S/C18H20O3/c1-3-4-12-5-7-13(8-6-12)15-11-14-9-10-16(21-14)17(15)18(19)20-2/h5-8,14-17H,9-11H2,1-2H3/t14?,15-,16-,17-/m0/s1. The number of carbonyl (C=O) groups excluding carboxylic acids is 1. The molecule has 1 aromatic rings. The van der Waals surface area contributed by atoms with Crippen molar-refractivity contribution in [1.29, 1.82) is 0 Å². The SMILES string of the molecule is CC#Cc1ccc([C@@H]2CC3CC[C@H](O3)[C@H]2C(=O)OC)cc1. The van der Waals surface area contributed by atoms with Crippen LogP contribution in [0.2, 0.25) is 0 Å². The van der Waals surface area contributed by atoms with Crippen LogP contribution in [-0.2, 0) is 14.3 Å². The number of rotatable bonds is 2. The number of carbonyl (C=O) groups is 1. The first-order valence-corrected chi connectivity index (χ1v) is 7.49. The lowest BCUT2D eigenvalue weighted by molar-refractivity contribution is -0.156. The topological polar surface area (TPSA) is 35.5 Å². The second-order valence-corrected chi connectivity index (χ2v) is 5.76. The molecule has 2 saturated heterocycles. The molecule has 0 N–H and O–H groups in total. The van der Waals surface area contributed by atoms with Crippen LogP contribution in [0.15, 0.2) is 24.3 Å². The van der Waals surface area contributed by atoms with Crippen LogP contribution in [0.3, 0.4) is 0 Å². The number of hydrogen-bond donors (Lipinski definition) is 0. The van der Waals surface area contributed by atoms with Crippen molar-refractivity contribution in [2.24, 2.45) is 5.92 Å². The number of benzene rings is 1. The zero-order chi connectivity index (χ0) is 14.8. The Labute approximate surface area is 125 Å². The van der Waals surface area contributed by atoms with Gasteiger partial charge < -0.3 is 9.47 Å². The molecule has 0 aliphatic carbocycles. The molecule has 4 atom stereocenters. The lowest BCUT2D eigenvalue weighted by Crippen LogP contribution is -2.39. The van der Waals surface area contributed by atoms with E-state index in [2.05, 4.69) is 24.0 Å². The Bertz CT molecular complexity index is 579. The van der Waals surface area contributed by atoms with Crippen LogP contribution in [0.25, 0.3) is 0 Å². The molecular weight excluding hydrogens is 264 g/mol. The normalized spacial score (nSPS) is 30.4. The van der Waals surface area contributed by atoms with E-state index in [1.807, 2.05) is 19.1 Å². The summed E-state index contributed by atoms with van der Waals surface area (Å²) < 4.78 is 10.9. The molecule has 0 amide bonds. The van der Waals surface area contributed by atoms with Crippen molar-refractivity contribution in [3.8, 4) is 11.8 Å². The summed E-state index contributed by atoms with van der Waals surface area (Å²) >= 11 is 0. The summed E-state index contributed by atoms with van der Waals surface area (Å²) in [6.45, 7) is 1.83. The average molecular weight is 284 g/mol. The highest BCUT2D eigenvalue weighted by molar-refractivity contribution is 5.74. The van der Waals surface area contributed by atoms with Gasteiger partial charge in [0, 0.05) is 11.5 Å². The fraction of sp³-hybridized carbons (Fsp3) is 0.500. The van der Waals surface area contributed by atoms with Gasteiger partial charge in [-0.25, -0.2) is 0 Å². The molecular formula is C18H20O3. The number of fused-ring (bicyclic) bond motifs is 2. The number of esters is 1. The van der Waals surface area contributed by atoms with E-state index in [0.717, 1.165) is 24.8 Å². The number of hydrogen-bond acceptors (Lipinski definition) is 3. The van der Waals surface area contributed by atoms with Gasteiger partial charge in [-0.15, -0.1) is 5.92 Å². The minimum atomic E-state index is -0.183. The fourth-order valence-corrected chi connectivity index (χ4v) is 3.61. The third-order valence-electron chi connectivity index (χ3n) is 4.57. The first kappa shape index (κ1) is 14.2. The van der Waals surface area contributed by atoms with Crippen LogP contribution in [0.5, 0.6) is 0 Å². The second-order valence-electron chi connectivity index (χ2n) is 5.76. The minimum Gasteiger partial charge on any atom is -0.469 e. The smallest absolute Gasteiger partial charge is 0.311 e. The molecule has 0 radical (unpaired) electrons. The summed E-state index contributed by atoms with van der Waals surface area (Å²) in [5.74, 6) is 5.80. The number of ether oxygens (including phenoxy) is 2. The van der Waals surface area contributed by atoms with Crippen molar-refractivity contribution >= 4 is 5.97 Å². The lowest BCUT2D eigenvalue weighted by Gasteiger charge is -2.35. The molecule has 2 fully saturated rings. The molecule has 0 saturated carbocycles. The largest absolute Gasteiger partial charge is 0.469 e. The van der Waals surface area contributed by atoms with Crippen LogP contribution < -0.4 is 0 Å².